The number of nitrogens with one attached hydrogen (secondary N) is 1. The lowest BCUT2D eigenvalue weighted by atomic mass is 10.0. The average Bonchev–Trinajstić information content (AvgIpc) is 3.10. The van der Waals surface area contributed by atoms with Crippen LogP contribution in [0.4, 0.5) is 4.39 Å². The number of H-pyrrole nitrogens is 1. The number of carbonyl (C=O) groups is 1. The van der Waals surface area contributed by atoms with Crippen molar-refractivity contribution in [1.82, 2.24) is 14.5 Å². The van der Waals surface area contributed by atoms with Gasteiger partial charge in [0, 0.05) is 22.7 Å². The first-order chi connectivity index (χ1) is 11.1. The molecule has 0 bridgehead atoms. The van der Waals surface area contributed by atoms with Gasteiger partial charge in [-0.2, -0.15) is 0 Å². The van der Waals surface area contributed by atoms with Gasteiger partial charge in [0.05, 0.1) is 17.4 Å². The van der Waals surface area contributed by atoms with Crippen molar-refractivity contribution in [3.05, 3.63) is 54.7 Å². The van der Waals surface area contributed by atoms with Crippen LogP contribution in [0, 0.1) is 5.82 Å². The number of hydrogen-bond donors (Lipinski definition) is 2. The number of aromatic amines is 1. The van der Waals surface area contributed by atoms with Crippen LogP contribution in [0.1, 0.15) is 0 Å². The van der Waals surface area contributed by atoms with E-state index in [0.29, 0.717) is 0 Å². The summed E-state index contributed by atoms with van der Waals surface area (Å²) >= 11 is 0. The van der Waals surface area contributed by atoms with Crippen molar-refractivity contribution in [2.24, 2.45) is 5.73 Å². The van der Waals surface area contributed by atoms with Crippen molar-refractivity contribution in [3.63, 3.8) is 0 Å². The number of aromatic nitrogens is 3. The maximum atomic E-state index is 13.3. The van der Waals surface area contributed by atoms with E-state index in [1.54, 1.807) is 17.0 Å². The van der Waals surface area contributed by atoms with E-state index in [-0.39, 0.29) is 12.4 Å². The maximum absolute atomic E-state index is 13.3. The number of nitrogens with zero attached hydrogens (tertiary/aromatic N) is 2. The summed E-state index contributed by atoms with van der Waals surface area (Å²) in [6.07, 6.45) is 3.45. The third kappa shape index (κ3) is 2.24. The van der Waals surface area contributed by atoms with E-state index in [9.17, 15) is 9.18 Å². The molecule has 0 unspecified atom stereocenters. The molecule has 23 heavy (non-hydrogen) atoms. The van der Waals surface area contributed by atoms with Crippen molar-refractivity contribution < 1.29 is 9.18 Å². The average molecular weight is 308 g/mol. The summed E-state index contributed by atoms with van der Waals surface area (Å²) in [6.45, 7) is 0.0994. The molecular formula is C17H13FN4O. The predicted octanol–water partition coefficient (Wildman–Crippen LogP) is 2.81. The Morgan fingerprint density at radius 2 is 2.13 bits per heavy atom. The van der Waals surface area contributed by atoms with E-state index in [1.165, 1.54) is 12.1 Å². The van der Waals surface area contributed by atoms with Crippen LogP contribution in [0.5, 0.6) is 0 Å². The van der Waals surface area contributed by atoms with Gasteiger partial charge in [-0.3, -0.25) is 4.79 Å². The Kier molecular flexibility index (Phi) is 2.90. The smallest absolute Gasteiger partial charge is 0.237 e. The number of rotatable bonds is 3. The Morgan fingerprint density at radius 3 is 2.96 bits per heavy atom. The van der Waals surface area contributed by atoms with Crippen LogP contribution in [0.25, 0.3) is 33.1 Å². The quantitative estimate of drug-likeness (QED) is 0.610. The first kappa shape index (κ1) is 13.5. The van der Waals surface area contributed by atoms with Crippen molar-refractivity contribution >= 4 is 27.8 Å². The molecule has 0 aliphatic carbocycles. The molecule has 0 atom stereocenters. The summed E-state index contributed by atoms with van der Waals surface area (Å²) in [5, 5.41) is 0.947. The highest BCUT2D eigenvalue weighted by atomic mass is 19.1. The summed E-state index contributed by atoms with van der Waals surface area (Å²) in [7, 11) is 0. The zero-order chi connectivity index (χ0) is 16.0. The number of imidazole rings is 1. The summed E-state index contributed by atoms with van der Waals surface area (Å²) in [5.41, 5.74) is 9.56. The van der Waals surface area contributed by atoms with E-state index < -0.39 is 5.91 Å². The standard InChI is InChI=1S/C17H13FN4O/c18-11-2-3-12-13(7-20-14(12)6-11)10-1-4-16-15(5-10)21-9-22(16)8-17(19)23/h1-7,9,20H,8H2,(H2,19,23). The number of nitrogens with two attached hydrogens (primary N) is 1. The molecule has 1 amide bonds. The third-order valence-corrected chi connectivity index (χ3v) is 3.90. The second-order valence-electron chi connectivity index (χ2n) is 5.43. The Balaban J connectivity index is 1.83. The largest absolute Gasteiger partial charge is 0.368 e. The molecule has 0 aliphatic heterocycles. The Hall–Kier alpha value is -3.15. The highest BCUT2D eigenvalue weighted by Gasteiger charge is 2.10. The van der Waals surface area contributed by atoms with Crippen molar-refractivity contribution in [3.8, 4) is 11.1 Å². The second kappa shape index (κ2) is 4.95. The van der Waals surface area contributed by atoms with Gasteiger partial charge in [-0.15, -0.1) is 0 Å². The minimum Gasteiger partial charge on any atom is -0.368 e. The second-order valence-corrected chi connectivity index (χ2v) is 5.43. The lowest BCUT2D eigenvalue weighted by molar-refractivity contribution is -0.118. The molecule has 0 radical (unpaired) electrons. The number of carbonyl (C=O) groups excluding carboxylic acids is 1. The van der Waals surface area contributed by atoms with Crippen molar-refractivity contribution in [1.29, 1.82) is 0 Å². The fraction of sp³-hybridized carbons (Fsp3) is 0.0588. The molecule has 5 nitrogen and oxygen atoms in total. The van der Waals surface area contributed by atoms with Gasteiger partial charge in [-0.1, -0.05) is 6.07 Å². The Labute approximate surface area is 130 Å². The van der Waals surface area contributed by atoms with Crippen LogP contribution in [-0.4, -0.2) is 20.4 Å². The molecule has 2 aromatic carbocycles. The Morgan fingerprint density at radius 1 is 1.26 bits per heavy atom. The molecule has 0 spiro atoms. The molecule has 4 aromatic rings. The molecule has 6 heteroatoms. The minimum absolute atomic E-state index is 0.0994. The van der Waals surface area contributed by atoms with E-state index in [2.05, 4.69) is 9.97 Å². The first-order valence-corrected chi connectivity index (χ1v) is 7.12. The number of halogens is 1. The van der Waals surface area contributed by atoms with Crippen LogP contribution in [0.2, 0.25) is 0 Å². The maximum Gasteiger partial charge on any atom is 0.237 e. The number of primary amides is 1. The zero-order valence-electron chi connectivity index (χ0n) is 12.1. The van der Waals surface area contributed by atoms with Gasteiger partial charge in [0.2, 0.25) is 5.91 Å². The molecule has 2 aromatic heterocycles. The molecule has 3 N–H and O–H groups in total. The molecule has 0 aliphatic rings. The van der Waals surface area contributed by atoms with Crippen molar-refractivity contribution in [2.45, 2.75) is 6.54 Å². The van der Waals surface area contributed by atoms with Crippen LogP contribution in [-0.2, 0) is 11.3 Å². The number of fused-ring (bicyclic) bond motifs is 2. The van der Waals surface area contributed by atoms with Crippen LogP contribution >= 0.6 is 0 Å². The van der Waals surface area contributed by atoms with E-state index >= 15 is 0 Å². The van der Waals surface area contributed by atoms with Gasteiger partial charge in [0.25, 0.3) is 0 Å². The van der Waals surface area contributed by atoms with Gasteiger partial charge in [-0.05, 0) is 35.9 Å². The number of hydrogen-bond acceptors (Lipinski definition) is 2. The lowest BCUT2D eigenvalue weighted by Crippen LogP contribution is -2.17. The summed E-state index contributed by atoms with van der Waals surface area (Å²) in [5.74, 6) is -0.682. The summed E-state index contributed by atoms with van der Waals surface area (Å²) < 4.78 is 15.0. The van der Waals surface area contributed by atoms with E-state index in [1.807, 2.05) is 24.4 Å². The van der Waals surface area contributed by atoms with Gasteiger partial charge >= 0.3 is 0 Å². The molecule has 0 saturated carbocycles. The monoisotopic (exact) mass is 308 g/mol. The predicted molar refractivity (Wildman–Crippen MR) is 86.2 cm³/mol. The van der Waals surface area contributed by atoms with Gasteiger partial charge in [0.1, 0.15) is 12.4 Å². The molecule has 2 heterocycles. The normalized spacial score (nSPS) is 11.3. The highest BCUT2D eigenvalue weighted by Crippen LogP contribution is 2.30. The van der Waals surface area contributed by atoms with Crippen LogP contribution < -0.4 is 5.73 Å². The number of amides is 1. The SMILES string of the molecule is NC(=O)Cn1cnc2cc(-c3c[nH]c4cc(F)ccc34)ccc21. The lowest BCUT2D eigenvalue weighted by Gasteiger charge is -2.03. The summed E-state index contributed by atoms with van der Waals surface area (Å²) in [6, 6.07) is 10.5. The zero-order valence-corrected chi connectivity index (χ0v) is 12.1. The van der Waals surface area contributed by atoms with E-state index in [0.717, 1.165) is 33.1 Å². The molecule has 114 valence electrons. The fourth-order valence-corrected chi connectivity index (χ4v) is 2.86. The van der Waals surface area contributed by atoms with Gasteiger partial charge < -0.3 is 15.3 Å². The van der Waals surface area contributed by atoms with Gasteiger partial charge in [-0.25, -0.2) is 9.37 Å². The topological polar surface area (TPSA) is 76.7 Å². The van der Waals surface area contributed by atoms with Crippen LogP contribution in [0.15, 0.2) is 48.9 Å². The summed E-state index contributed by atoms with van der Waals surface area (Å²) in [4.78, 5) is 18.5. The highest BCUT2D eigenvalue weighted by molar-refractivity contribution is 5.97. The van der Waals surface area contributed by atoms with Gasteiger partial charge in [0.15, 0.2) is 0 Å². The molecule has 4 rings (SSSR count). The molecule has 0 saturated heterocycles. The number of benzene rings is 2. The Bertz CT molecular complexity index is 1050. The minimum atomic E-state index is -0.410. The van der Waals surface area contributed by atoms with E-state index in [4.69, 9.17) is 5.73 Å². The van der Waals surface area contributed by atoms with Crippen LogP contribution in [0.3, 0.4) is 0 Å². The first-order valence-electron chi connectivity index (χ1n) is 7.12. The fourth-order valence-electron chi connectivity index (χ4n) is 2.86. The third-order valence-electron chi connectivity index (χ3n) is 3.90. The van der Waals surface area contributed by atoms with Crippen molar-refractivity contribution in [2.75, 3.05) is 0 Å². The molecule has 0 fully saturated rings. The molecular weight excluding hydrogens is 295 g/mol.